The van der Waals surface area contributed by atoms with Crippen molar-refractivity contribution < 1.29 is 28.7 Å². The van der Waals surface area contributed by atoms with Crippen molar-refractivity contribution in [1.82, 2.24) is 19.7 Å². The Morgan fingerprint density at radius 1 is 1.08 bits per heavy atom. The zero-order valence-electron chi connectivity index (χ0n) is 21.4. The van der Waals surface area contributed by atoms with Crippen LogP contribution in [0.5, 0.6) is 0 Å². The van der Waals surface area contributed by atoms with E-state index in [0.29, 0.717) is 55.8 Å². The van der Waals surface area contributed by atoms with Crippen LogP contribution in [0.25, 0.3) is 0 Å². The first-order valence-corrected chi connectivity index (χ1v) is 13.0. The van der Waals surface area contributed by atoms with Crippen LogP contribution >= 0.6 is 11.3 Å². The van der Waals surface area contributed by atoms with Crippen molar-refractivity contribution in [2.75, 3.05) is 64.9 Å². The summed E-state index contributed by atoms with van der Waals surface area (Å²) in [6.07, 6.45) is -0.270. The van der Waals surface area contributed by atoms with E-state index in [1.54, 1.807) is 34.2 Å². The van der Waals surface area contributed by atoms with E-state index in [1.807, 2.05) is 19.1 Å². The Kier molecular flexibility index (Phi) is 10.4. The van der Waals surface area contributed by atoms with Gasteiger partial charge in [-0.3, -0.25) is 14.4 Å². The van der Waals surface area contributed by atoms with E-state index in [0.717, 1.165) is 5.56 Å². The average Bonchev–Trinajstić information content (AvgIpc) is 3.33. The SMILES string of the molecule is CCOC(=O)N1CCN(C(=O)Cc2csc(NC(=O)CN(CCOC)C(=O)c3ccc(C)cc3)n2)CC1. The van der Waals surface area contributed by atoms with Gasteiger partial charge >= 0.3 is 6.09 Å². The molecule has 4 amide bonds. The topological polar surface area (TPSA) is 121 Å². The molecule has 3 rings (SSSR count). The Bertz CT molecular complexity index is 1080. The summed E-state index contributed by atoms with van der Waals surface area (Å²) in [6.45, 7) is 6.10. The summed E-state index contributed by atoms with van der Waals surface area (Å²) >= 11 is 1.22. The number of hydrogen-bond donors (Lipinski definition) is 1. The quantitative estimate of drug-likeness (QED) is 0.498. The van der Waals surface area contributed by atoms with Crippen molar-refractivity contribution >= 4 is 40.3 Å². The average molecular weight is 532 g/mol. The highest BCUT2D eigenvalue weighted by molar-refractivity contribution is 7.13. The molecule has 0 saturated carbocycles. The summed E-state index contributed by atoms with van der Waals surface area (Å²) < 4.78 is 10.1. The van der Waals surface area contributed by atoms with Crippen LogP contribution in [0, 0.1) is 6.92 Å². The molecule has 0 unspecified atom stereocenters. The number of carbonyl (C=O) groups excluding carboxylic acids is 4. The summed E-state index contributed by atoms with van der Waals surface area (Å²) in [5, 5.41) is 4.80. The molecule has 0 radical (unpaired) electrons. The van der Waals surface area contributed by atoms with E-state index in [1.165, 1.54) is 23.3 Å². The van der Waals surface area contributed by atoms with Gasteiger partial charge in [-0.15, -0.1) is 11.3 Å². The van der Waals surface area contributed by atoms with E-state index >= 15 is 0 Å². The number of anilines is 1. The molecule has 1 aromatic carbocycles. The van der Waals surface area contributed by atoms with Crippen molar-refractivity contribution in [3.05, 3.63) is 46.5 Å². The second kappa shape index (κ2) is 13.7. The molecule has 0 atom stereocenters. The van der Waals surface area contributed by atoms with E-state index in [4.69, 9.17) is 9.47 Å². The van der Waals surface area contributed by atoms with Gasteiger partial charge in [0.25, 0.3) is 5.91 Å². The van der Waals surface area contributed by atoms with Crippen LogP contribution < -0.4 is 5.32 Å². The largest absolute Gasteiger partial charge is 0.450 e. The zero-order chi connectivity index (χ0) is 26.8. The first kappa shape index (κ1) is 28.1. The van der Waals surface area contributed by atoms with Crippen molar-refractivity contribution in [3.8, 4) is 0 Å². The minimum atomic E-state index is -0.390. The lowest BCUT2D eigenvalue weighted by atomic mass is 10.1. The molecule has 1 aliphatic heterocycles. The van der Waals surface area contributed by atoms with Crippen molar-refractivity contribution in [2.45, 2.75) is 20.3 Å². The standard InChI is InChI=1S/C25H33N5O6S/c1-4-36-25(34)29-11-9-28(10-12-29)22(32)15-20-17-37-24(26-20)27-21(31)16-30(13-14-35-3)23(33)19-7-5-18(2)6-8-19/h5-8,17H,4,9-16H2,1-3H3,(H,26,27,31). The number of hydrogen-bond acceptors (Lipinski definition) is 8. The molecule has 11 nitrogen and oxygen atoms in total. The summed E-state index contributed by atoms with van der Waals surface area (Å²) in [4.78, 5) is 59.2. The molecule has 12 heteroatoms. The zero-order valence-corrected chi connectivity index (χ0v) is 22.2. The Labute approximate surface area is 220 Å². The fourth-order valence-corrected chi connectivity index (χ4v) is 4.46. The number of benzene rings is 1. The number of thiazole rings is 1. The molecule has 1 aromatic heterocycles. The third-order valence-electron chi connectivity index (χ3n) is 5.77. The second-order valence-corrected chi connectivity index (χ2v) is 9.38. The normalized spacial score (nSPS) is 13.3. The van der Waals surface area contributed by atoms with Crippen LogP contribution in [-0.2, 0) is 25.5 Å². The highest BCUT2D eigenvalue weighted by Crippen LogP contribution is 2.17. The van der Waals surface area contributed by atoms with E-state index in [-0.39, 0.29) is 43.3 Å². The Morgan fingerprint density at radius 3 is 2.41 bits per heavy atom. The first-order chi connectivity index (χ1) is 17.8. The number of carbonyl (C=O) groups is 4. The van der Waals surface area contributed by atoms with Crippen molar-refractivity contribution in [2.24, 2.45) is 0 Å². The lowest BCUT2D eigenvalue weighted by Crippen LogP contribution is -2.51. The van der Waals surface area contributed by atoms with E-state index in [9.17, 15) is 19.2 Å². The van der Waals surface area contributed by atoms with E-state index < -0.39 is 0 Å². The number of ether oxygens (including phenoxy) is 2. The summed E-state index contributed by atoms with van der Waals surface area (Å²) in [7, 11) is 1.54. The maximum atomic E-state index is 12.9. The van der Waals surface area contributed by atoms with Gasteiger partial charge in [0.2, 0.25) is 11.8 Å². The predicted octanol–water partition coefficient (Wildman–Crippen LogP) is 2.02. The molecule has 1 aliphatic rings. The maximum Gasteiger partial charge on any atom is 0.409 e. The highest BCUT2D eigenvalue weighted by Gasteiger charge is 2.25. The molecule has 200 valence electrons. The number of rotatable bonds is 10. The maximum absolute atomic E-state index is 12.9. The Hall–Kier alpha value is -3.51. The molecule has 2 heterocycles. The van der Waals surface area contributed by atoms with E-state index in [2.05, 4.69) is 10.3 Å². The van der Waals surface area contributed by atoms with Gasteiger partial charge in [0, 0.05) is 50.8 Å². The molecular formula is C25H33N5O6S. The lowest BCUT2D eigenvalue weighted by molar-refractivity contribution is -0.132. The number of amides is 4. The molecule has 37 heavy (non-hydrogen) atoms. The summed E-state index contributed by atoms with van der Waals surface area (Å²) in [5.74, 6) is -0.749. The number of piperazine rings is 1. The molecule has 1 fully saturated rings. The molecule has 1 N–H and O–H groups in total. The summed E-state index contributed by atoms with van der Waals surface area (Å²) in [6, 6.07) is 7.16. The third-order valence-corrected chi connectivity index (χ3v) is 6.58. The van der Waals surface area contributed by atoms with Gasteiger partial charge in [-0.2, -0.15) is 0 Å². The van der Waals surface area contributed by atoms with Crippen LogP contribution in [0.2, 0.25) is 0 Å². The van der Waals surface area contributed by atoms with Gasteiger partial charge in [-0.1, -0.05) is 17.7 Å². The number of aromatic nitrogens is 1. The number of nitrogens with one attached hydrogen (secondary N) is 1. The predicted molar refractivity (Wildman–Crippen MR) is 139 cm³/mol. The Morgan fingerprint density at radius 2 is 1.76 bits per heavy atom. The van der Waals surface area contributed by atoms with Crippen LogP contribution in [0.1, 0.15) is 28.5 Å². The molecule has 1 saturated heterocycles. The molecule has 0 spiro atoms. The second-order valence-electron chi connectivity index (χ2n) is 8.52. The van der Waals surface area contributed by atoms with Gasteiger partial charge in [0.15, 0.2) is 5.13 Å². The minimum absolute atomic E-state index is 0.0949. The van der Waals surface area contributed by atoms with Gasteiger partial charge in [-0.05, 0) is 26.0 Å². The van der Waals surface area contributed by atoms with Crippen LogP contribution in [0.3, 0.4) is 0 Å². The first-order valence-electron chi connectivity index (χ1n) is 12.1. The number of methoxy groups -OCH3 is 1. The molecule has 2 aromatic rings. The smallest absolute Gasteiger partial charge is 0.409 e. The molecule has 0 bridgehead atoms. The minimum Gasteiger partial charge on any atom is -0.450 e. The monoisotopic (exact) mass is 531 g/mol. The van der Waals surface area contributed by atoms with Gasteiger partial charge in [0.05, 0.1) is 25.3 Å². The van der Waals surface area contributed by atoms with Gasteiger partial charge in [0.1, 0.15) is 6.54 Å². The highest BCUT2D eigenvalue weighted by atomic mass is 32.1. The molecular weight excluding hydrogens is 498 g/mol. The summed E-state index contributed by atoms with van der Waals surface area (Å²) in [5.41, 5.74) is 2.08. The molecule has 0 aliphatic carbocycles. The lowest BCUT2D eigenvalue weighted by Gasteiger charge is -2.34. The fourth-order valence-electron chi connectivity index (χ4n) is 3.73. The van der Waals surface area contributed by atoms with Crippen LogP contribution in [-0.4, -0.2) is 103 Å². The third kappa shape index (κ3) is 8.25. The number of aryl methyl sites for hydroxylation is 1. The van der Waals surface area contributed by atoms with Crippen molar-refractivity contribution in [3.63, 3.8) is 0 Å². The van der Waals surface area contributed by atoms with Gasteiger partial charge in [-0.25, -0.2) is 9.78 Å². The Balaban J connectivity index is 1.51. The fraction of sp³-hybridized carbons (Fsp3) is 0.480. The van der Waals surface area contributed by atoms with Crippen LogP contribution in [0.15, 0.2) is 29.6 Å². The van der Waals surface area contributed by atoms with Crippen LogP contribution in [0.4, 0.5) is 9.93 Å². The number of nitrogens with zero attached hydrogens (tertiary/aromatic N) is 4. The van der Waals surface area contributed by atoms with Gasteiger partial charge < -0.3 is 29.5 Å². The van der Waals surface area contributed by atoms with Crippen molar-refractivity contribution in [1.29, 1.82) is 0 Å².